The van der Waals surface area contributed by atoms with Crippen LogP contribution in [0.4, 0.5) is 11.5 Å². The first-order valence-electron chi connectivity index (χ1n) is 9.76. The molecule has 6 nitrogen and oxygen atoms in total. The molecule has 0 fully saturated rings. The second-order valence-corrected chi connectivity index (χ2v) is 7.75. The van der Waals surface area contributed by atoms with Gasteiger partial charge in [-0.15, -0.1) is 0 Å². The number of carbonyl (C=O) groups is 2. The summed E-state index contributed by atoms with van der Waals surface area (Å²) < 4.78 is 0. The summed E-state index contributed by atoms with van der Waals surface area (Å²) in [6.07, 6.45) is 5.33. The zero-order valence-corrected chi connectivity index (χ0v) is 18.7. The largest absolute Gasteiger partial charge is 0.480 e. The second-order valence-electron chi connectivity index (χ2n) is 6.94. The van der Waals surface area contributed by atoms with Crippen molar-refractivity contribution < 1.29 is 14.7 Å². The van der Waals surface area contributed by atoms with Crippen molar-refractivity contribution in [1.82, 2.24) is 10.3 Å². The van der Waals surface area contributed by atoms with Crippen LogP contribution < -0.4 is 10.2 Å². The fraction of sp³-hybridized carbons (Fsp3) is 0.125. The Morgan fingerprint density at radius 1 is 1.06 bits per heavy atom. The molecule has 164 valence electrons. The highest BCUT2D eigenvalue weighted by Crippen LogP contribution is 2.24. The molecule has 0 spiro atoms. The monoisotopic (exact) mass is 469 g/mol. The number of hydrogen-bond donors (Lipinski definition) is 2. The van der Waals surface area contributed by atoms with Gasteiger partial charge in [0.05, 0.1) is 15.6 Å². The average Bonchev–Trinajstić information content (AvgIpc) is 2.78. The van der Waals surface area contributed by atoms with Crippen molar-refractivity contribution in [1.29, 1.82) is 0 Å². The number of rotatable bonds is 8. The number of nitrogens with one attached hydrogen (secondary N) is 1. The first kappa shape index (κ1) is 23.3. The third-order valence-electron chi connectivity index (χ3n) is 4.75. The lowest BCUT2D eigenvalue weighted by atomic mass is 10.1. The number of aromatic nitrogens is 1. The summed E-state index contributed by atoms with van der Waals surface area (Å²) in [5, 5.41) is 12.3. The minimum absolute atomic E-state index is 0.0543. The highest BCUT2D eigenvalue weighted by Gasteiger charge is 2.22. The van der Waals surface area contributed by atoms with Gasteiger partial charge >= 0.3 is 5.97 Å². The molecule has 3 rings (SSSR count). The minimum Gasteiger partial charge on any atom is -0.480 e. The van der Waals surface area contributed by atoms with Gasteiger partial charge in [0.2, 0.25) is 0 Å². The van der Waals surface area contributed by atoms with Crippen molar-refractivity contribution in [2.24, 2.45) is 0 Å². The Morgan fingerprint density at radius 2 is 1.75 bits per heavy atom. The molecule has 8 heteroatoms. The van der Waals surface area contributed by atoms with Crippen LogP contribution in [0, 0.1) is 0 Å². The number of nitrogens with zero attached hydrogens (tertiary/aromatic N) is 2. The number of benzene rings is 2. The molecule has 0 saturated carbocycles. The fourth-order valence-corrected chi connectivity index (χ4v) is 3.57. The molecule has 0 radical (unpaired) electrons. The molecule has 1 amide bonds. The van der Waals surface area contributed by atoms with Gasteiger partial charge in [0, 0.05) is 18.9 Å². The van der Waals surface area contributed by atoms with E-state index in [2.05, 4.69) is 10.3 Å². The molecular weight excluding hydrogens is 449 g/mol. The second kappa shape index (κ2) is 10.8. The molecule has 1 unspecified atom stereocenters. The van der Waals surface area contributed by atoms with Gasteiger partial charge in [0.15, 0.2) is 0 Å². The predicted molar refractivity (Wildman–Crippen MR) is 128 cm³/mol. The summed E-state index contributed by atoms with van der Waals surface area (Å²) in [6.45, 7) is 0. The van der Waals surface area contributed by atoms with E-state index < -0.39 is 17.9 Å². The smallest absolute Gasteiger partial charge is 0.326 e. The lowest BCUT2D eigenvalue weighted by Crippen LogP contribution is -2.40. The molecule has 3 aromatic rings. The molecule has 2 N–H and O–H groups in total. The first-order valence-corrected chi connectivity index (χ1v) is 10.5. The van der Waals surface area contributed by atoms with Crippen LogP contribution in [0.5, 0.6) is 0 Å². The number of halogens is 2. The normalized spacial score (nSPS) is 11.8. The van der Waals surface area contributed by atoms with Crippen molar-refractivity contribution in [3.8, 4) is 0 Å². The molecule has 1 atom stereocenters. The van der Waals surface area contributed by atoms with Gasteiger partial charge in [-0.1, -0.05) is 59.6 Å². The maximum Gasteiger partial charge on any atom is 0.326 e. The Labute approximate surface area is 196 Å². The van der Waals surface area contributed by atoms with Crippen molar-refractivity contribution in [2.45, 2.75) is 12.5 Å². The number of carboxylic acids is 1. The predicted octanol–water partition coefficient (Wildman–Crippen LogP) is 5.44. The van der Waals surface area contributed by atoms with Crippen molar-refractivity contribution in [2.75, 3.05) is 11.9 Å². The zero-order chi connectivity index (χ0) is 23.1. The summed E-state index contributed by atoms with van der Waals surface area (Å²) in [5.74, 6) is -0.962. The molecule has 32 heavy (non-hydrogen) atoms. The van der Waals surface area contributed by atoms with E-state index in [0.717, 1.165) is 17.1 Å². The van der Waals surface area contributed by atoms with Gasteiger partial charge in [0.25, 0.3) is 5.91 Å². The number of carboxylic acid groups (broad SMARTS) is 1. The lowest BCUT2D eigenvalue weighted by molar-refractivity contribution is -0.139. The highest BCUT2D eigenvalue weighted by molar-refractivity contribution is 6.39. The summed E-state index contributed by atoms with van der Waals surface area (Å²) in [5.41, 5.74) is 1.92. The van der Waals surface area contributed by atoms with Crippen LogP contribution in [0.1, 0.15) is 22.3 Å². The van der Waals surface area contributed by atoms with Crippen molar-refractivity contribution in [3.05, 3.63) is 94.1 Å². The van der Waals surface area contributed by atoms with Gasteiger partial charge in [-0.2, -0.15) is 0 Å². The fourth-order valence-electron chi connectivity index (χ4n) is 3.00. The van der Waals surface area contributed by atoms with E-state index in [9.17, 15) is 14.7 Å². The van der Waals surface area contributed by atoms with Crippen molar-refractivity contribution in [3.63, 3.8) is 0 Å². The Kier molecular flexibility index (Phi) is 7.87. The Morgan fingerprint density at radius 3 is 2.34 bits per heavy atom. The molecule has 0 bridgehead atoms. The molecule has 0 saturated heterocycles. The zero-order valence-electron chi connectivity index (χ0n) is 17.2. The van der Waals surface area contributed by atoms with Crippen LogP contribution in [0.15, 0.2) is 72.9 Å². The maximum absolute atomic E-state index is 12.5. The van der Waals surface area contributed by atoms with Crippen LogP contribution in [-0.2, 0) is 4.79 Å². The van der Waals surface area contributed by atoms with E-state index in [1.807, 2.05) is 54.4 Å². The molecule has 0 aliphatic heterocycles. The van der Waals surface area contributed by atoms with Gasteiger partial charge < -0.3 is 15.3 Å². The number of carbonyl (C=O) groups excluding carboxylic acids is 1. The summed E-state index contributed by atoms with van der Waals surface area (Å²) >= 11 is 12.1. The summed E-state index contributed by atoms with van der Waals surface area (Å²) in [7, 11) is 1.93. The quantitative estimate of drug-likeness (QED) is 0.458. The van der Waals surface area contributed by atoms with Crippen LogP contribution in [0.3, 0.4) is 0 Å². The van der Waals surface area contributed by atoms with Crippen molar-refractivity contribution >= 4 is 52.7 Å². The molecular formula is C24H21Cl2N3O3. The molecule has 1 aromatic heterocycles. The molecule has 1 heterocycles. The van der Waals surface area contributed by atoms with E-state index in [4.69, 9.17) is 23.2 Å². The lowest BCUT2D eigenvalue weighted by Gasteiger charge is -2.18. The number of aliphatic carboxylic acids is 1. The van der Waals surface area contributed by atoms with Gasteiger partial charge in [0.1, 0.15) is 11.9 Å². The van der Waals surface area contributed by atoms with E-state index in [-0.39, 0.29) is 22.0 Å². The SMILES string of the molecule is CN(c1ccc(/C=C/CC(NC(=O)c2c(Cl)cccc2Cl)C(=O)O)cc1)c1ccccn1. The Balaban J connectivity index is 1.64. The molecule has 2 aromatic carbocycles. The first-order chi connectivity index (χ1) is 15.4. The number of amides is 1. The molecule has 0 aliphatic rings. The van der Waals surface area contributed by atoms with E-state index in [1.165, 1.54) is 12.1 Å². The number of pyridine rings is 1. The third kappa shape index (κ3) is 5.87. The summed E-state index contributed by atoms with van der Waals surface area (Å²) in [6, 6.07) is 17.0. The van der Waals surface area contributed by atoms with Gasteiger partial charge in [-0.05, 0) is 48.4 Å². The van der Waals surface area contributed by atoms with E-state index in [1.54, 1.807) is 24.4 Å². The maximum atomic E-state index is 12.5. The third-order valence-corrected chi connectivity index (χ3v) is 5.38. The van der Waals surface area contributed by atoms with Crippen LogP contribution in [-0.4, -0.2) is 35.1 Å². The number of anilines is 2. The average molecular weight is 470 g/mol. The standard InChI is InChI=1S/C24H21Cl2N3O3/c1-29(21-10-2-3-15-27-21)17-13-11-16(12-14-17)6-4-9-20(24(31)32)28-23(30)22-18(25)7-5-8-19(22)26/h2-8,10-15,20H,9H2,1H3,(H,28,30)(H,31,32)/b6-4+. The highest BCUT2D eigenvalue weighted by atomic mass is 35.5. The van der Waals surface area contributed by atoms with Gasteiger partial charge in [-0.3, -0.25) is 4.79 Å². The topological polar surface area (TPSA) is 82.5 Å². The van der Waals surface area contributed by atoms with Crippen LogP contribution in [0.2, 0.25) is 10.0 Å². The van der Waals surface area contributed by atoms with Crippen LogP contribution in [0.25, 0.3) is 6.08 Å². The van der Waals surface area contributed by atoms with E-state index in [0.29, 0.717) is 0 Å². The molecule has 0 aliphatic carbocycles. The Bertz CT molecular complexity index is 1100. The van der Waals surface area contributed by atoms with Crippen LogP contribution >= 0.6 is 23.2 Å². The minimum atomic E-state index is -1.15. The van der Waals surface area contributed by atoms with E-state index >= 15 is 0 Å². The van der Waals surface area contributed by atoms with Gasteiger partial charge in [-0.25, -0.2) is 9.78 Å². The Hall–Kier alpha value is -3.35. The number of hydrogen-bond acceptors (Lipinski definition) is 4. The summed E-state index contributed by atoms with van der Waals surface area (Å²) in [4.78, 5) is 30.4.